The Bertz CT molecular complexity index is 1510. The highest BCUT2D eigenvalue weighted by molar-refractivity contribution is 7.98. The summed E-state index contributed by atoms with van der Waals surface area (Å²) in [5.41, 5.74) is 10.7. The number of benzene rings is 2. The number of nitrogen functional groups attached to an aromatic ring is 1. The summed E-state index contributed by atoms with van der Waals surface area (Å²) >= 11 is 2.70. The van der Waals surface area contributed by atoms with Gasteiger partial charge in [-0.15, -0.1) is 11.3 Å². The standard InChI is InChI=1S/C27H23FN6OS2/c1-16-4-9-19(11-23(16)28)32-27-33-20(15-37-27)14-36-26-22(13-30)24(21(12-29)25(31)34-26)18-7-5-17(6-8-18)3-2-10-35/h4-9,11,15,35H,2-3,10,14H2,1H3,(H2,31,34)(H,32,33). The van der Waals surface area contributed by atoms with Gasteiger partial charge in [-0.3, -0.25) is 0 Å². The van der Waals surface area contributed by atoms with E-state index in [1.807, 2.05) is 29.6 Å². The van der Waals surface area contributed by atoms with Gasteiger partial charge in [0.2, 0.25) is 0 Å². The molecule has 0 aliphatic rings. The summed E-state index contributed by atoms with van der Waals surface area (Å²) in [6.07, 6.45) is 1.39. The van der Waals surface area contributed by atoms with Gasteiger partial charge in [-0.05, 0) is 48.6 Å². The Morgan fingerprint density at radius 1 is 1.11 bits per heavy atom. The summed E-state index contributed by atoms with van der Waals surface area (Å²) in [6, 6.07) is 16.8. The average molecular weight is 531 g/mol. The number of nitriles is 2. The van der Waals surface area contributed by atoms with Crippen molar-refractivity contribution in [3.63, 3.8) is 0 Å². The topological polar surface area (TPSA) is 132 Å². The number of hydrogen-bond donors (Lipinski definition) is 3. The molecule has 0 atom stereocenters. The molecule has 2 aromatic heterocycles. The second kappa shape index (κ2) is 11.8. The van der Waals surface area contributed by atoms with Gasteiger partial charge in [0.15, 0.2) is 5.13 Å². The van der Waals surface area contributed by atoms with Crippen LogP contribution in [0.4, 0.5) is 21.0 Å². The first-order valence-electron chi connectivity index (χ1n) is 11.4. The second-order valence-corrected chi connectivity index (χ2v) is 10.0. The van der Waals surface area contributed by atoms with Crippen molar-refractivity contribution in [3.8, 4) is 23.3 Å². The fourth-order valence-electron chi connectivity index (χ4n) is 3.68. The zero-order valence-electron chi connectivity index (χ0n) is 20.0. The Hall–Kier alpha value is -3.96. The third-order valence-electron chi connectivity index (χ3n) is 5.61. The predicted molar refractivity (Wildman–Crippen MR) is 145 cm³/mol. The summed E-state index contributed by atoms with van der Waals surface area (Å²) in [5, 5.41) is 34.9. The Labute approximate surface area is 222 Å². The number of thiazole rings is 1. The molecule has 4 N–H and O–H groups in total. The lowest BCUT2D eigenvalue weighted by Crippen LogP contribution is -2.03. The predicted octanol–water partition coefficient (Wildman–Crippen LogP) is 5.94. The molecule has 7 nitrogen and oxygen atoms in total. The van der Waals surface area contributed by atoms with Crippen molar-refractivity contribution >= 4 is 39.7 Å². The van der Waals surface area contributed by atoms with Crippen LogP contribution in [0, 0.1) is 35.4 Å². The smallest absolute Gasteiger partial charge is 0.187 e. The van der Waals surface area contributed by atoms with Gasteiger partial charge in [0.25, 0.3) is 0 Å². The van der Waals surface area contributed by atoms with E-state index < -0.39 is 0 Å². The van der Waals surface area contributed by atoms with Crippen LogP contribution in [0.15, 0.2) is 52.9 Å². The minimum Gasteiger partial charge on any atom is -0.396 e. The molecular weight excluding hydrogens is 507 g/mol. The van der Waals surface area contributed by atoms with E-state index >= 15 is 0 Å². The Balaban J connectivity index is 1.57. The van der Waals surface area contributed by atoms with Crippen molar-refractivity contribution < 1.29 is 9.50 Å². The number of nitrogens with one attached hydrogen (secondary N) is 1. The van der Waals surface area contributed by atoms with Crippen molar-refractivity contribution in [1.82, 2.24) is 9.97 Å². The zero-order chi connectivity index (χ0) is 26.4. The molecule has 2 heterocycles. The number of nitrogens with zero attached hydrogens (tertiary/aromatic N) is 4. The maximum atomic E-state index is 13.8. The molecule has 2 aromatic carbocycles. The van der Waals surface area contributed by atoms with Crippen LogP contribution >= 0.6 is 23.1 Å². The van der Waals surface area contributed by atoms with E-state index in [4.69, 9.17) is 10.8 Å². The number of rotatable bonds is 9. The van der Waals surface area contributed by atoms with Crippen LogP contribution in [-0.2, 0) is 12.2 Å². The molecule has 0 aliphatic carbocycles. The largest absolute Gasteiger partial charge is 0.396 e. The molecule has 10 heteroatoms. The molecule has 4 aromatic rings. The summed E-state index contributed by atoms with van der Waals surface area (Å²) < 4.78 is 13.8. The van der Waals surface area contributed by atoms with Crippen LogP contribution in [0.1, 0.15) is 34.4 Å². The molecule has 0 bridgehead atoms. The number of pyridine rings is 1. The Morgan fingerprint density at radius 2 is 1.86 bits per heavy atom. The number of aliphatic hydroxyl groups excluding tert-OH is 1. The van der Waals surface area contributed by atoms with Gasteiger partial charge in [0.05, 0.1) is 11.3 Å². The van der Waals surface area contributed by atoms with Crippen molar-refractivity contribution in [3.05, 3.63) is 81.6 Å². The molecule has 0 amide bonds. The third kappa shape index (κ3) is 6.07. The monoisotopic (exact) mass is 530 g/mol. The van der Waals surface area contributed by atoms with Gasteiger partial charge in [0.1, 0.15) is 34.4 Å². The number of thioether (sulfide) groups is 1. The normalized spacial score (nSPS) is 10.6. The maximum absolute atomic E-state index is 13.8. The van der Waals surface area contributed by atoms with E-state index in [2.05, 4.69) is 27.4 Å². The Morgan fingerprint density at radius 3 is 2.54 bits per heavy atom. The first-order chi connectivity index (χ1) is 17.9. The van der Waals surface area contributed by atoms with Gasteiger partial charge in [0, 0.05) is 29.0 Å². The number of anilines is 3. The molecule has 0 radical (unpaired) electrons. The molecule has 0 unspecified atom stereocenters. The van der Waals surface area contributed by atoms with E-state index in [9.17, 15) is 14.9 Å². The van der Waals surface area contributed by atoms with Crippen molar-refractivity contribution in [2.24, 2.45) is 0 Å². The average Bonchev–Trinajstić information content (AvgIpc) is 3.35. The van der Waals surface area contributed by atoms with Gasteiger partial charge >= 0.3 is 0 Å². The van der Waals surface area contributed by atoms with Crippen LogP contribution in [-0.4, -0.2) is 21.7 Å². The lowest BCUT2D eigenvalue weighted by atomic mass is 9.95. The zero-order valence-corrected chi connectivity index (χ0v) is 21.6. The van der Waals surface area contributed by atoms with Gasteiger partial charge < -0.3 is 16.2 Å². The number of nitrogens with two attached hydrogens (primary N) is 1. The highest BCUT2D eigenvalue weighted by Gasteiger charge is 2.21. The summed E-state index contributed by atoms with van der Waals surface area (Å²) in [4.78, 5) is 8.90. The van der Waals surface area contributed by atoms with Crippen LogP contribution in [0.3, 0.4) is 0 Å². The van der Waals surface area contributed by atoms with E-state index in [0.29, 0.717) is 44.7 Å². The molecule has 186 valence electrons. The molecule has 0 saturated carbocycles. The maximum Gasteiger partial charge on any atom is 0.187 e. The third-order valence-corrected chi connectivity index (χ3v) is 7.43. The van der Waals surface area contributed by atoms with E-state index in [-0.39, 0.29) is 29.4 Å². The minimum absolute atomic E-state index is 0.0605. The van der Waals surface area contributed by atoms with Gasteiger partial charge in [-0.25, -0.2) is 14.4 Å². The molecular formula is C27H23FN6OS2. The van der Waals surface area contributed by atoms with E-state index in [0.717, 1.165) is 17.7 Å². The second-order valence-electron chi connectivity index (χ2n) is 8.20. The molecule has 0 spiro atoms. The van der Waals surface area contributed by atoms with Gasteiger partial charge in [-0.2, -0.15) is 10.5 Å². The number of aliphatic hydroxyl groups is 1. The number of aryl methyl sites for hydroxylation is 2. The fraction of sp³-hybridized carbons (Fsp3) is 0.185. The van der Waals surface area contributed by atoms with Crippen LogP contribution in [0.5, 0.6) is 0 Å². The van der Waals surface area contributed by atoms with Crippen LogP contribution < -0.4 is 11.1 Å². The number of hydrogen-bond acceptors (Lipinski definition) is 9. The molecule has 0 aliphatic heterocycles. The highest BCUT2D eigenvalue weighted by atomic mass is 32.2. The summed E-state index contributed by atoms with van der Waals surface area (Å²) in [7, 11) is 0. The number of halogens is 1. The van der Waals surface area contributed by atoms with Crippen LogP contribution in [0.25, 0.3) is 11.1 Å². The van der Waals surface area contributed by atoms with Crippen LogP contribution in [0.2, 0.25) is 0 Å². The summed E-state index contributed by atoms with van der Waals surface area (Å²) in [5.74, 6) is 0.194. The highest BCUT2D eigenvalue weighted by Crippen LogP contribution is 2.37. The molecule has 37 heavy (non-hydrogen) atoms. The van der Waals surface area contributed by atoms with Gasteiger partial charge in [-0.1, -0.05) is 42.1 Å². The number of aromatic nitrogens is 2. The molecule has 0 fully saturated rings. The SMILES string of the molecule is Cc1ccc(Nc2nc(CSc3nc(N)c(C#N)c(-c4ccc(CCCO)cc4)c3C#N)cs2)cc1F. The molecule has 4 rings (SSSR count). The minimum atomic E-state index is -0.290. The lowest BCUT2D eigenvalue weighted by Gasteiger charge is -2.13. The van der Waals surface area contributed by atoms with Crippen molar-refractivity contribution in [1.29, 1.82) is 10.5 Å². The first kappa shape index (κ1) is 26.1. The lowest BCUT2D eigenvalue weighted by molar-refractivity contribution is 0.288. The van der Waals surface area contributed by atoms with E-state index in [1.165, 1.54) is 29.2 Å². The fourth-order valence-corrected chi connectivity index (χ4v) is 5.40. The van der Waals surface area contributed by atoms with E-state index in [1.54, 1.807) is 19.1 Å². The quantitative estimate of drug-likeness (QED) is 0.227. The molecule has 0 saturated heterocycles. The first-order valence-corrected chi connectivity index (χ1v) is 13.2. The van der Waals surface area contributed by atoms with Crippen molar-refractivity contribution in [2.45, 2.75) is 30.5 Å². The van der Waals surface area contributed by atoms with Crippen molar-refractivity contribution in [2.75, 3.05) is 17.7 Å². The summed E-state index contributed by atoms with van der Waals surface area (Å²) in [6.45, 7) is 1.82. The Kier molecular flexibility index (Phi) is 8.36.